The van der Waals surface area contributed by atoms with Crippen LogP contribution in [-0.2, 0) is 22.7 Å². The summed E-state index contributed by atoms with van der Waals surface area (Å²) in [5.74, 6) is 0.560. The predicted octanol–water partition coefficient (Wildman–Crippen LogP) is 2.20. The number of imidazole rings is 1. The number of amides is 1. The minimum absolute atomic E-state index is 0.0708. The van der Waals surface area contributed by atoms with Crippen molar-refractivity contribution in [3.05, 3.63) is 61.0 Å². The van der Waals surface area contributed by atoms with Gasteiger partial charge in [-0.05, 0) is 30.7 Å². The number of aromatic nitrogens is 5. The Morgan fingerprint density at radius 1 is 1.21 bits per heavy atom. The summed E-state index contributed by atoms with van der Waals surface area (Å²) in [6, 6.07) is 11.6. The number of benzene rings is 1. The van der Waals surface area contributed by atoms with Crippen LogP contribution in [0.3, 0.4) is 0 Å². The Kier molecular flexibility index (Phi) is 5.87. The molecule has 0 radical (unpaired) electrons. The molecule has 0 saturated heterocycles. The number of rotatable bonds is 9. The van der Waals surface area contributed by atoms with E-state index in [0.29, 0.717) is 18.3 Å². The van der Waals surface area contributed by atoms with Crippen LogP contribution in [0.2, 0.25) is 0 Å². The number of nitrogens with one attached hydrogen (secondary N) is 1. The summed E-state index contributed by atoms with van der Waals surface area (Å²) in [5.41, 5.74) is 2.82. The average molecular weight is 392 g/mol. The molecule has 0 unspecified atom stereocenters. The number of ether oxygens (including phenoxy) is 1. The van der Waals surface area contributed by atoms with Gasteiger partial charge in [0.05, 0.1) is 17.4 Å². The molecule has 0 aliphatic rings. The number of nitrogens with zero attached hydrogens (tertiary/aromatic N) is 5. The minimum atomic E-state index is -0.188. The van der Waals surface area contributed by atoms with Gasteiger partial charge >= 0.3 is 0 Å². The Bertz CT molecular complexity index is 1080. The Morgan fingerprint density at radius 2 is 2.14 bits per heavy atom. The van der Waals surface area contributed by atoms with E-state index < -0.39 is 0 Å². The van der Waals surface area contributed by atoms with E-state index in [9.17, 15) is 4.79 Å². The van der Waals surface area contributed by atoms with E-state index in [-0.39, 0.29) is 19.1 Å². The lowest BCUT2D eigenvalue weighted by molar-refractivity contribution is -0.126. The predicted molar refractivity (Wildman–Crippen MR) is 105 cm³/mol. The molecular formula is C20H20N6O3. The van der Waals surface area contributed by atoms with E-state index in [2.05, 4.69) is 30.0 Å². The number of hydrogen-bond donors (Lipinski definition) is 1. The summed E-state index contributed by atoms with van der Waals surface area (Å²) >= 11 is 0. The van der Waals surface area contributed by atoms with Crippen molar-refractivity contribution in [3.63, 3.8) is 0 Å². The van der Waals surface area contributed by atoms with E-state index in [1.54, 1.807) is 18.5 Å². The first-order chi connectivity index (χ1) is 14.3. The van der Waals surface area contributed by atoms with Gasteiger partial charge in [0.1, 0.15) is 13.2 Å². The maximum absolute atomic E-state index is 11.9. The molecule has 0 saturated carbocycles. The van der Waals surface area contributed by atoms with Crippen molar-refractivity contribution in [2.75, 3.05) is 13.2 Å². The Labute approximate surface area is 166 Å². The highest BCUT2D eigenvalue weighted by molar-refractivity contribution is 5.77. The van der Waals surface area contributed by atoms with E-state index in [1.165, 1.54) is 0 Å². The van der Waals surface area contributed by atoms with E-state index in [0.717, 1.165) is 29.6 Å². The zero-order chi connectivity index (χ0) is 19.9. The molecule has 0 spiro atoms. The lowest BCUT2D eigenvalue weighted by Gasteiger charge is -2.06. The second kappa shape index (κ2) is 9.07. The Balaban J connectivity index is 1.15. The number of hydrogen-bond acceptors (Lipinski definition) is 7. The van der Waals surface area contributed by atoms with Crippen molar-refractivity contribution in [1.82, 2.24) is 30.0 Å². The van der Waals surface area contributed by atoms with Gasteiger partial charge in [-0.1, -0.05) is 17.3 Å². The van der Waals surface area contributed by atoms with Crippen LogP contribution in [0.4, 0.5) is 0 Å². The van der Waals surface area contributed by atoms with Crippen LogP contribution in [0.25, 0.3) is 22.4 Å². The molecule has 4 aromatic rings. The summed E-state index contributed by atoms with van der Waals surface area (Å²) in [4.78, 5) is 24.5. The van der Waals surface area contributed by atoms with Gasteiger partial charge in [0, 0.05) is 31.0 Å². The highest BCUT2D eigenvalue weighted by Crippen LogP contribution is 2.14. The maximum Gasteiger partial charge on any atom is 0.252 e. The van der Waals surface area contributed by atoms with Crippen LogP contribution in [0, 0.1) is 0 Å². The second-order valence-electron chi connectivity index (χ2n) is 6.38. The minimum Gasteiger partial charge on any atom is -0.362 e. The molecule has 0 aliphatic heterocycles. The molecule has 0 bridgehead atoms. The van der Waals surface area contributed by atoms with Crippen molar-refractivity contribution in [1.29, 1.82) is 0 Å². The molecule has 3 heterocycles. The summed E-state index contributed by atoms with van der Waals surface area (Å²) in [7, 11) is 0. The average Bonchev–Trinajstić information content (AvgIpc) is 3.39. The van der Waals surface area contributed by atoms with Gasteiger partial charge in [-0.25, -0.2) is 4.98 Å². The largest absolute Gasteiger partial charge is 0.362 e. The fourth-order valence-corrected chi connectivity index (χ4v) is 2.87. The molecule has 4 rings (SSSR count). The topological polar surface area (TPSA) is 108 Å². The molecule has 9 nitrogen and oxygen atoms in total. The van der Waals surface area contributed by atoms with Crippen molar-refractivity contribution in [3.8, 4) is 11.4 Å². The first-order valence-corrected chi connectivity index (χ1v) is 9.27. The third kappa shape index (κ3) is 4.82. The molecule has 29 heavy (non-hydrogen) atoms. The highest BCUT2D eigenvalue weighted by atomic mass is 16.5. The fraction of sp³-hybridized carbons (Fsp3) is 0.250. The van der Waals surface area contributed by atoms with Crippen LogP contribution in [0.5, 0.6) is 0 Å². The van der Waals surface area contributed by atoms with Crippen LogP contribution in [0.15, 0.2) is 59.6 Å². The fourth-order valence-electron chi connectivity index (χ4n) is 2.87. The number of carbonyl (C=O) groups excluding carboxylic acids is 1. The number of para-hydroxylation sites is 2. The first-order valence-electron chi connectivity index (χ1n) is 9.27. The summed E-state index contributed by atoms with van der Waals surface area (Å²) < 4.78 is 12.6. The normalized spacial score (nSPS) is 11.0. The third-order valence-electron chi connectivity index (χ3n) is 4.27. The van der Waals surface area contributed by atoms with Gasteiger partial charge in [-0.15, -0.1) is 0 Å². The molecule has 1 N–H and O–H groups in total. The standard InChI is InChI=1S/C20H20N6O3/c27-18(22-9-4-10-26-14-23-16-6-1-2-7-17(16)26)12-28-13-19-24-20(25-29-19)15-5-3-8-21-11-15/h1-3,5-8,11,14H,4,9-10,12-13H2,(H,22,27). The molecular weight excluding hydrogens is 372 g/mol. The molecule has 1 aromatic carbocycles. The SMILES string of the molecule is O=C(COCc1nc(-c2cccnc2)no1)NCCCn1cnc2ccccc21. The zero-order valence-corrected chi connectivity index (χ0v) is 15.7. The monoisotopic (exact) mass is 392 g/mol. The van der Waals surface area contributed by atoms with Crippen LogP contribution in [-0.4, -0.2) is 43.7 Å². The summed E-state index contributed by atoms with van der Waals surface area (Å²) in [6.45, 7) is 1.33. The smallest absolute Gasteiger partial charge is 0.252 e. The summed E-state index contributed by atoms with van der Waals surface area (Å²) in [6.07, 6.45) is 5.93. The molecule has 9 heteroatoms. The van der Waals surface area contributed by atoms with Gasteiger partial charge in [0.2, 0.25) is 11.7 Å². The van der Waals surface area contributed by atoms with Crippen molar-refractivity contribution in [2.45, 2.75) is 19.6 Å². The summed E-state index contributed by atoms with van der Waals surface area (Å²) in [5, 5.41) is 6.71. The van der Waals surface area contributed by atoms with Gasteiger partial charge in [0.15, 0.2) is 0 Å². The zero-order valence-electron chi connectivity index (χ0n) is 15.7. The van der Waals surface area contributed by atoms with Crippen LogP contribution >= 0.6 is 0 Å². The molecule has 0 atom stereocenters. The van der Waals surface area contributed by atoms with E-state index in [4.69, 9.17) is 9.26 Å². The van der Waals surface area contributed by atoms with E-state index in [1.807, 2.05) is 36.7 Å². The van der Waals surface area contributed by atoms with Gasteiger partial charge in [0.25, 0.3) is 5.89 Å². The maximum atomic E-state index is 11.9. The number of aryl methyl sites for hydroxylation is 1. The van der Waals surface area contributed by atoms with Crippen molar-refractivity contribution >= 4 is 16.9 Å². The van der Waals surface area contributed by atoms with Crippen LogP contribution in [0.1, 0.15) is 12.3 Å². The van der Waals surface area contributed by atoms with Crippen molar-refractivity contribution < 1.29 is 14.1 Å². The van der Waals surface area contributed by atoms with Gasteiger partial charge in [-0.2, -0.15) is 4.98 Å². The molecule has 3 aromatic heterocycles. The lowest BCUT2D eigenvalue weighted by atomic mass is 10.3. The van der Waals surface area contributed by atoms with Gasteiger partial charge in [-0.3, -0.25) is 9.78 Å². The lowest BCUT2D eigenvalue weighted by Crippen LogP contribution is -2.29. The first kappa shape index (κ1) is 18.8. The van der Waals surface area contributed by atoms with Crippen LogP contribution < -0.4 is 5.32 Å². The molecule has 148 valence electrons. The van der Waals surface area contributed by atoms with Crippen molar-refractivity contribution in [2.24, 2.45) is 0 Å². The molecule has 0 aliphatic carbocycles. The highest BCUT2D eigenvalue weighted by Gasteiger charge is 2.10. The third-order valence-corrected chi connectivity index (χ3v) is 4.27. The van der Waals surface area contributed by atoms with E-state index >= 15 is 0 Å². The second-order valence-corrected chi connectivity index (χ2v) is 6.38. The molecule has 1 amide bonds. The number of fused-ring (bicyclic) bond motifs is 1. The molecule has 0 fully saturated rings. The number of pyridine rings is 1. The Morgan fingerprint density at radius 3 is 3.03 bits per heavy atom. The van der Waals surface area contributed by atoms with Gasteiger partial charge < -0.3 is 19.1 Å². The Hall–Kier alpha value is -3.59. The quantitative estimate of drug-likeness (QED) is 0.435. The number of carbonyl (C=O) groups is 1.